The molecule has 2 aromatic rings. The van der Waals surface area contributed by atoms with E-state index in [1.165, 1.54) is 7.11 Å². The second kappa shape index (κ2) is 5.50. The summed E-state index contributed by atoms with van der Waals surface area (Å²) in [4.78, 5) is 0. The maximum absolute atomic E-state index is 13.4. The number of aromatic nitrogens is 2. The van der Waals surface area contributed by atoms with Crippen LogP contribution in [0.25, 0.3) is 0 Å². The maximum Gasteiger partial charge on any atom is 0.410 e. The fourth-order valence-electron chi connectivity index (χ4n) is 2.72. The Labute approximate surface area is 130 Å². The average molecular weight is 322 g/mol. The topological polar surface area (TPSA) is 62.9 Å². The number of rotatable bonds is 2. The van der Waals surface area contributed by atoms with E-state index in [0.717, 1.165) is 10.9 Å². The van der Waals surface area contributed by atoms with E-state index in [4.69, 9.17) is 10.00 Å². The van der Waals surface area contributed by atoms with Crippen LogP contribution in [0.2, 0.25) is 0 Å². The van der Waals surface area contributed by atoms with Gasteiger partial charge in [0.05, 0.1) is 19.3 Å². The van der Waals surface area contributed by atoms with E-state index in [2.05, 4.69) is 10.4 Å². The molecule has 0 saturated carbocycles. The number of anilines is 1. The van der Waals surface area contributed by atoms with E-state index in [-0.39, 0.29) is 17.8 Å². The molecule has 23 heavy (non-hydrogen) atoms. The van der Waals surface area contributed by atoms with Crippen LogP contribution in [-0.2, 0) is 0 Å². The standard InChI is InChI=1S/C15H13F3N4O/c1-23-11-4-2-3-9(5-11)12-6-13(15(16,17)18)22-14(21-12)10(7-19)8-20-22/h2-5,8,12-13,21H,6H2,1H3. The van der Waals surface area contributed by atoms with E-state index in [9.17, 15) is 13.2 Å². The second-order valence-corrected chi connectivity index (χ2v) is 5.23. The number of methoxy groups -OCH3 is 1. The summed E-state index contributed by atoms with van der Waals surface area (Å²) in [5.74, 6) is 0.654. The molecule has 0 bridgehead atoms. The van der Waals surface area contributed by atoms with Crippen molar-refractivity contribution in [3.8, 4) is 11.8 Å². The number of alkyl halides is 3. The molecular weight excluding hydrogens is 309 g/mol. The van der Waals surface area contributed by atoms with E-state index < -0.39 is 18.3 Å². The lowest BCUT2D eigenvalue weighted by atomic mass is 9.96. The molecule has 2 unspecified atom stereocenters. The van der Waals surface area contributed by atoms with Crippen molar-refractivity contribution in [1.29, 1.82) is 5.26 Å². The van der Waals surface area contributed by atoms with Crippen LogP contribution in [0.3, 0.4) is 0 Å². The van der Waals surface area contributed by atoms with Gasteiger partial charge in [0.25, 0.3) is 0 Å². The van der Waals surface area contributed by atoms with Crippen molar-refractivity contribution in [3.05, 3.63) is 41.6 Å². The molecule has 1 aliphatic rings. The number of hydrogen-bond acceptors (Lipinski definition) is 4. The summed E-state index contributed by atoms with van der Waals surface area (Å²) < 4.78 is 46.1. The lowest BCUT2D eigenvalue weighted by Gasteiger charge is -2.33. The van der Waals surface area contributed by atoms with Crippen LogP contribution in [-0.4, -0.2) is 23.1 Å². The van der Waals surface area contributed by atoms with Crippen molar-refractivity contribution in [2.24, 2.45) is 0 Å². The Kier molecular flexibility index (Phi) is 3.64. The Hall–Kier alpha value is -2.69. The number of nitriles is 1. The van der Waals surface area contributed by atoms with Gasteiger partial charge in [-0.3, -0.25) is 0 Å². The zero-order chi connectivity index (χ0) is 16.6. The minimum Gasteiger partial charge on any atom is -0.497 e. The van der Waals surface area contributed by atoms with Crippen molar-refractivity contribution >= 4 is 5.82 Å². The van der Waals surface area contributed by atoms with Crippen molar-refractivity contribution in [3.63, 3.8) is 0 Å². The minimum atomic E-state index is -4.45. The molecule has 1 N–H and O–H groups in total. The zero-order valence-electron chi connectivity index (χ0n) is 12.1. The van der Waals surface area contributed by atoms with Gasteiger partial charge in [0.2, 0.25) is 0 Å². The lowest BCUT2D eigenvalue weighted by Crippen LogP contribution is -2.35. The lowest BCUT2D eigenvalue weighted by molar-refractivity contribution is -0.173. The van der Waals surface area contributed by atoms with Crippen molar-refractivity contribution in [2.45, 2.75) is 24.7 Å². The first-order valence-corrected chi connectivity index (χ1v) is 6.89. The molecule has 8 heteroatoms. The van der Waals surface area contributed by atoms with E-state index in [1.807, 2.05) is 6.07 Å². The quantitative estimate of drug-likeness (QED) is 0.920. The van der Waals surface area contributed by atoms with Crippen LogP contribution in [0.1, 0.15) is 29.6 Å². The van der Waals surface area contributed by atoms with E-state index in [0.29, 0.717) is 11.3 Å². The van der Waals surface area contributed by atoms with Crippen LogP contribution < -0.4 is 10.1 Å². The number of benzene rings is 1. The molecule has 1 aromatic carbocycles. The summed E-state index contributed by atoms with van der Waals surface area (Å²) in [6, 6.07) is 6.34. The molecule has 120 valence electrons. The summed E-state index contributed by atoms with van der Waals surface area (Å²) in [6.07, 6.45) is -3.52. The summed E-state index contributed by atoms with van der Waals surface area (Å²) >= 11 is 0. The predicted molar refractivity (Wildman–Crippen MR) is 76.0 cm³/mol. The average Bonchev–Trinajstić information content (AvgIpc) is 2.96. The molecular formula is C15H13F3N4O. The fraction of sp³-hybridized carbons (Fsp3) is 0.333. The van der Waals surface area contributed by atoms with Crippen LogP contribution in [0.4, 0.5) is 19.0 Å². The monoisotopic (exact) mass is 322 g/mol. The third-order valence-electron chi connectivity index (χ3n) is 3.86. The highest BCUT2D eigenvalue weighted by Crippen LogP contribution is 2.44. The SMILES string of the molecule is COc1cccc(C2CC(C(F)(F)F)n3ncc(C#N)c3N2)c1. The first kappa shape index (κ1) is 15.2. The predicted octanol–water partition coefficient (Wildman–Crippen LogP) is 3.42. The summed E-state index contributed by atoms with van der Waals surface area (Å²) in [5, 5.41) is 15.8. The molecule has 1 aliphatic heterocycles. The van der Waals surface area contributed by atoms with Crippen molar-refractivity contribution < 1.29 is 17.9 Å². The molecule has 3 rings (SSSR count). The molecule has 0 saturated heterocycles. The number of nitrogens with one attached hydrogen (secondary N) is 1. The Balaban J connectivity index is 2.04. The summed E-state index contributed by atoms with van der Waals surface area (Å²) in [6.45, 7) is 0. The highest BCUT2D eigenvalue weighted by atomic mass is 19.4. The Morgan fingerprint density at radius 1 is 1.43 bits per heavy atom. The van der Waals surface area contributed by atoms with Crippen molar-refractivity contribution in [2.75, 3.05) is 12.4 Å². The summed E-state index contributed by atoms with van der Waals surface area (Å²) in [7, 11) is 1.49. The third kappa shape index (κ3) is 2.70. The molecule has 1 aromatic heterocycles. The van der Waals surface area contributed by atoms with Gasteiger partial charge in [-0.2, -0.15) is 23.5 Å². The normalized spacial score (nSPS) is 20.3. The molecule has 0 aliphatic carbocycles. The Morgan fingerprint density at radius 2 is 2.22 bits per heavy atom. The molecule has 0 spiro atoms. The van der Waals surface area contributed by atoms with Gasteiger partial charge in [-0.1, -0.05) is 12.1 Å². The zero-order valence-corrected chi connectivity index (χ0v) is 12.1. The third-order valence-corrected chi connectivity index (χ3v) is 3.86. The largest absolute Gasteiger partial charge is 0.497 e. The molecule has 5 nitrogen and oxygen atoms in total. The second-order valence-electron chi connectivity index (χ2n) is 5.23. The van der Waals surface area contributed by atoms with E-state index in [1.54, 1.807) is 24.3 Å². The van der Waals surface area contributed by atoms with Gasteiger partial charge in [0.15, 0.2) is 6.04 Å². The first-order chi connectivity index (χ1) is 10.9. The first-order valence-electron chi connectivity index (χ1n) is 6.89. The number of hydrogen-bond donors (Lipinski definition) is 1. The Bertz CT molecular complexity index is 763. The Morgan fingerprint density at radius 3 is 2.87 bits per heavy atom. The molecule has 2 atom stereocenters. The number of halogens is 3. The number of fused-ring (bicyclic) bond motifs is 1. The minimum absolute atomic E-state index is 0.0897. The number of nitrogens with zero attached hydrogens (tertiary/aromatic N) is 3. The van der Waals surface area contributed by atoms with E-state index >= 15 is 0 Å². The van der Waals surface area contributed by atoms with Crippen LogP contribution in [0.5, 0.6) is 5.75 Å². The number of ether oxygens (including phenoxy) is 1. The maximum atomic E-state index is 13.4. The fourth-order valence-corrected chi connectivity index (χ4v) is 2.72. The van der Waals surface area contributed by atoms with Crippen molar-refractivity contribution in [1.82, 2.24) is 9.78 Å². The van der Waals surface area contributed by atoms with Crippen LogP contribution in [0.15, 0.2) is 30.5 Å². The van der Waals surface area contributed by atoms with Gasteiger partial charge < -0.3 is 10.1 Å². The highest BCUT2D eigenvalue weighted by Gasteiger charge is 2.46. The molecule has 2 heterocycles. The van der Waals surface area contributed by atoms with Gasteiger partial charge in [0, 0.05) is 6.42 Å². The van der Waals surface area contributed by atoms with Crippen LogP contribution in [0, 0.1) is 11.3 Å². The van der Waals surface area contributed by atoms with Gasteiger partial charge in [-0.25, -0.2) is 4.68 Å². The van der Waals surface area contributed by atoms with Gasteiger partial charge in [0.1, 0.15) is 23.2 Å². The molecule has 0 fully saturated rings. The van der Waals surface area contributed by atoms with Gasteiger partial charge in [-0.15, -0.1) is 0 Å². The van der Waals surface area contributed by atoms with Gasteiger partial charge >= 0.3 is 6.18 Å². The molecule has 0 amide bonds. The summed E-state index contributed by atoms with van der Waals surface area (Å²) in [5.41, 5.74) is 0.752. The van der Waals surface area contributed by atoms with Crippen LogP contribution >= 0.6 is 0 Å². The highest BCUT2D eigenvalue weighted by molar-refractivity contribution is 5.55. The smallest absolute Gasteiger partial charge is 0.410 e. The van der Waals surface area contributed by atoms with Gasteiger partial charge in [-0.05, 0) is 17.7 Å². The molecule has 0 radical (unpaired) electrons.